The van der Waals surface area contributed by atoms with Gasteiger partial charge in [0.25, 0.3) is 0 Å². The van der Waals surface area contributed by atoms with Crippen molar-refractivity contribution < 1.29 is 19.9 Å². The molecule has 1 aliphatic heterocycles. The maximum absolute atomic E-state index is 8.89. The molecule has 1 fully saturated rings. The summed E-state index contributed by atoms with van der Waals surface area (Å²) >= 11 is 0. The van der Waals surface area contributed by atoms with Crippen LogP contribution >= 0.6 is 0 Å². The SMILES string of the molecule is Cc1ccc(C2(C)CCC(C(C)(C)OO)OO2)cc1. The largest absolute Gasteiger partial charge is 0.251 e. The van der Waals surface area contributed by atoms with Gasteiger partial charge in [0.05, 0.1) is 0 Å². The van der Waals surface area contributed by atoms with E-state index in [1.165, 1.54) is 5.56 Å². The van der Waals surface area contributed by atoms with Gasteiger partial charge in [0.15, 0.2) is 0 Å². The van der Waals surface area contributed by atoms with Crippen LogP contribution in [0.5, 0.6) is 0 Å². The second-order valence-corrected chi connectivity index (χ2v) is 6.00. The predicted molar refractivity (Wildman–Crippen MR) is 71.5 cm³/mol. The topological polar surface area (TPSA) is 47.9 Å². The van der Waals surface area contributed by atoms with Gasteiger partial charge >= 0.3 is 0 Å². The van der Waals surface area contributed by atoms with E-state index < -0.39 is 11.2 Å². The second kappa shape index (κ2) is 5.21. The summed E-state index contributed by atoms with van der Waals surface area (Å²) in [5.41, 5.74) is 1.10. The molecule has 0 radical (unpaired) electrons. The van der Waals surface area contributed by atoms with E-state index in [2.05, 4.69) is 36.1 Å². The van der Waals surface area contributed by atoms with Crippen molar-refractivity contribution >= 4 is 0 Å². The lowest BCUT2D eigenvalue weighted by Gasteiger charge is -2.40. The van der Waals surface area contributed by atoms with E-state index in [1.807, 2.05) is 6.92 Å². The quantitative estimate of drug-likeness (QED) is 0.671. The first kappa shape index (κ1) is 14.5. The Morgan fingerprint density at radius 2 is 1.95 bits per heavy atom. The van der Waals surface area contributed by atoms with Crippen LogP contribution in [-0.2, 0) is 20.3 Å². The van der Waals surface area contributed by atoms with E-state index in [0.717, 1.165) is 18.4 Å². The van der Waals surface area contributed by atoms with Gasteiger partial charge in [-0.3, -0.25) is 5.26 Å². The molecule has 2 atom stereocenters. The van der Waals surface area contributed by atoms with E-state index in [0.29, 0.717) is 0 Å². The third-order valence-corrected chi connectivity index (χ3v) is 3.90. The molecule has 2 rings (SSSR count). The molecule has 0 bridgehead atoms. The van der Waals surface area contributed by atoms with E-state index in [9.17, 15) is 0 Å². The maximum Gasteiger partial charge on any atom is 0.127 e. The van der Waals surface area contributed by atoms with E-state index in [-0.39, 0.29) is 6.10 Å². The molecule has 1 heterocycles. The molecule has 0 spiro atoms. The van der Waals surface area contributed by atoms with Gasteiger partial charge < -0.3 is 0 Å². The highest BCUT2D eigenvalue weighted by molar-refractivity contribution is 5.26. The zero-order chi connectivity index (χ0) is 14.1. The molecule has 19 heavy (non-hydrogen) atoms. The molecule has 0 aliphatic carbocycles. The lowest BCUT2D eigenvalue weighted by Crippen LogP contribution is -2.46. The second-order valence-electron chi connectivity index (χ2n) is 6.00. The van der Waals surface area contributed by atoms with Gasteiger partial charge in [-0.1, -0.05) is 29.8 Å². The Labute approximate surface area is 114 Å². The molecule has 2 unspecified atom stereocenters. The summed E-state index contributed by atoms with van der Waals surface area (Å²) < 4.78 is 0. The Morgan fingerprint density at radius 1 is 1.32 bits per heavy atom. The van der Waals surface area contributed by atoms with Crippen molar-refractivity contribution in [3.05, 3.63) is 35.4 Å². The summed E-state index contributed by atoms with van der Waals surface area (Å²) in [6.45, 7) is 7.62. The zero-order valence-electron chi connectivity index (χ0n) is 12.0. The van der Waals surface area contributed by atoms with Gasteiger partial charge in [-0.2, -0.15) is 0 Å². The van der Waals surface area contributed by atoms with Crippen molar-refractivity contribution in [2.45, 2.75) is 57.8 Å². The lowest BCUT2D eigenvalue weighted by atomic mass is 9.86. The van der Waals surface area contributed by atoms with Crippen molar-refractivity contribution in [3.63, 3.8) is 0 Å². The van der Waals surface area contributed by atoms with Crippen LogP contribution in [0.1, 0.15) is 44.7 Å². The summed E-state index contributed by atoms with van der Waals surface area (Å²) in [6.07, 6.45) is 1.29. The first-order chi connectivity index (χ1) is 8.87. The van der Waals surface area contributed by atoms with Crippen molar-refractivity contribution in [2.24, 2.45) is 0 Å². The summed E-state index contributed by atoms with van der Waals surface area (Å²) in [5, 5.41) is 8.89. The lowest BCUT2D eigenvalue weighted by molar-refractivity contribution is -0.451. The van der Waals surface area contributed by atoms with Crippen LogP contribution < -0.4 is 0 Å². The molecule has 0 saturated carbocycles. The van der Waals surface area contributed by atoms with E-state index in [1.54, 1.807) is 13.8 Å². The Balaban J connectivity index is 2.08. The summed E-state index contributed by atoms with van der Waals surface area (Å²) in [5.74, 6) is 0. The Bertz CT molecular complexity index is 416. The van der Waals surface area contributed by atoms with Crippen LogP contribution in [0.3, 0.4) is 0 Å². The first-order valence-corrected chi connectivity index (χ1v) is 6.62. The van der Waals surface area contributed by atoms with Gasteiger partial charge in [0.2, 0.25) is 0 Å². The first-order valence-electron chi connectivity index (χ1n) is 6.62. The number of aryl methyl sites for hydroxylation is 1. The summed E-state index contributed by atoms with van der Waals surface area (Å²) in [7, 11) is 0. The van der Waals surface area contributed by atoms with Crippen LogP contribution in [0.2, 0.25) is 0 Å². The average Bonchev–Trinajstić information content (AvgIpc) is 2.40. The van der Waals surface area contributed by atoms with Crippen LogP contribution in [0.4, 0.5) is 0 Å². The fraction of sp³-hybridized carbons (Fsp3) is 0.600. The molecule has 1 N–H and O–H groups in total. The van der Waals surface area contributed by atoms with Crippen molar-refractivity contribution in [1.82, 2.24) is 0 Å². The molecule has 0 aromatic heterocycles. The Hall–Kier alpha value is -0.940. The maximum atomic E-state index is 8.89. The molecule has 1 aliphatic rings. The monoisotopic (exact) mass is 266 g/mol. The molecular weight excluding hydrogens is 244 g/mol. The predicted octanol–water partition coefficient (Wildman–Crippen LogP) is 3.59. The highest BCUT2D eigenvalue weighted by Gasteiger charge is 2.42. The summed E-state index contributed by atoms with van der Waals surface area (Å²) in [6, 6.07) is 8.26. The van der Waals surface area contributed by atoms with Crippen molar-refractivity contribution in [2.75, 3.05) is 0 Å². The van der Waals surface area contributed by atoms with Gasteiger partial charge in [-0.05, 0) is 46.1 Å². The minimum atomic E-state index is -0.769. The van der Waals surface area contributed by atoms with Gasteiger partial charge in [-0.15, -0.1) is 0 Å². The molecule has 1 aromatic carbocycles. The molecule has 0 amide bonds. The van der Waals surface area contributed by atoms with E-state index >= 15 is 0 Å². The highest BCUT2D eigenvalue weighted by atomic mass is 17.2. The average molecular weight is 266 g/mol. The third kappa shape index (κ3) is 2.98. The van der Waals surface area contributed by atoms with Gasteiger partial charge in [-0.25, -0.2) is 14.7 Å². The van der Waals surface area contributed by atoms with Crippen LogP contribution in [0.15, 0.2) is 24.3 Å². The summed E-state index contributed by atoms with van der Waals surface area (Å²) in [4.78, 5) is 15.5. The third-order valence-electron chi connectivity index (χ3n) is 3.90. The van der Waals surface area contributed by atoms with Gasteiger partial charge in [0, 0.05) is 0 Å². The van der Waals surface area contributed by atoms with Crippen LogP contribution in [0.25, 0.3) is 0 Å². The fourth-order valence-electron chi connectivity index (χ4n) is 2.28. The van der Waals surface area contributed by atoms with E-state index in [4.69, 9.17) is 15.0 Å². The molecule has 4 nitrogen and oxygen atoms in total. The van der Waals surface area contributed by atoms with Crippen molar-refractivity contribution in [1.29, 1.82) is 0 Å². The molecule has 106 valence electrons. The molecule has 1 saturated heterocycles. The molecule has 1 aromatic rings. The molecule has 4 heteroatoms. The Kier molecular flexibility index (Phi) is 3.97. The normalized spacial score (nSPS) is 28.4. The highest BCUT2D eigenvalue weighted by Crippen LogP contribution is 2.39. The Morgan fingerprint density at radius 3 is 2.42 bits per heavy atom. The van der Waals surface area contributed by atoms with Gasteiger partial charge in [0.1, 0.15) is 17.3 Å². The fourth-order valence-corrected chi connectivity index (χ4v) is 2.28. The number of hydrogen-bond acceptors (Lipinski definition) is 4. The standard InChI is InChI=1S/C15H22O4/c1-11-5-7-12(8-6-11)15(4)10-9-13(17-19-15)14(2,3)18-16/h5-8,13,16H,9-10H2,1-4H3. The minimum absolute atomic E-state index is 0.281. The minimum Gasteiger partial charge on any atom is -0.251 e. The number of benzene rings is 1. The van der Waals surface area contributed by atoms with Crippen LogP contribution in [0, 0.1) is 6.92 Å². The molecular formula is C15H22O4. The number of rotatable bonds is 3. The number of hydrogen-bond donors (Lipinski definition) is 1. The smallest absolute Gasteiger partial charge is 0.127 e. The van der Waals surface area contributed by atoms with Crippen molar-refractivity contribution in [3.8, 4) is 0 Å². The zero-order valence-corrected chi connectivity index (χ0v) is 12.0. The van der Waals surface area contributed by atoms with Crippen LogP contribution in [-0.4, -0.2) is 17.0 Å².